The second-order valence-electron chi connectivity index (χ2n) is 7.40. The molecular formula is C23H23ClN4O2. The van der Waals surface area contributed by atoms with E-state index >= 15 is 0 Å². The number of nitrogens with zero attached hydrogens (tertiary/aromatic N) is 4. The molecule has 3 aromatic rings. The highest BCUT2D eigenvalue weighted by atomic mass is 35.5. The monoisotopic (exact) mass is 422 g/mol. The number of aryl methyl sites for hydroxylation is 1. The first kappa shape index (κ1) is 20.2. The summed E-state index contributed by atoms with van der Waals surface area (Å²) in [7, 11) is 0. The lowest BCUT2D eigenvalue weighted by atomic mass is 10.1. The third kappa shape index (κ3) is 4.39. The van der Waals surface area contributed by atoms with Gasteiger partial charge in [-0.1, -0.05) is 48.0 Å². The lowest BCUT2D eigenvalue weighted by molar-refractivity contribution is -0.132. The topological polar surface area (TPSA) is 58.4 Å². The minimum atomic E-state index is -0.231. The summed E-state index contributed by atoms with van der Waals surface area (Å²) in [5, 5.41) is 0.708. The lowest BCUT2D eigenvalue weighted by Gasteiger charge is -2.37. The minimum Gasteiger partial charge on any atom is -0.368 e. The number of benzene rings is 2. The fraction of sp³-hybridized carbons (Fsp3) is 0.261. The molecule has 7 heteroatoms. The van der Waals surface area contributed by atoms with Gasteiger partial charge in [-0.25, -0.2) is 4.98 Å². The van der Waals surface area contributed by atoms with E-state index in [0.717, 1.165) is 29.9 Å². The Hall–Kier alpha value is -3.12. The van der Waals surface area contributed by atoms with Crippen molar-refractivity contribution in [2.24, 2.45) is 0 Å². The molecule has 2 aromatic carbocycles. The Morgan fingerprint density at radius 2 is 1.77 bits per heavy atom. The van der Waals surface area contributed by atoms with E-state index in [0.29, 0.717) is 23.8 Å². The van der Waals surface area contributed by atoms with Crippen molar-refractivity contribution < 1.29 is 4.79 Å². The van der Waals surface area contributed by atoms with Crippen LogP contribution in [-0.2, 0) is 11.3 Å². The number of hydrogen-bond donors (Lipinski definition) is 0. The van der Waals surface area contributed by atoms with Crippen LogP contribution in [0.3, 0.4) is 0 Å². The number of anilines is 1. The molecule has 0 spiro atoms. The Labute approximate surface area is 180 Å². The number of amides is 1. The summed E-state index contributed by atoms with van der Waals surface area (Å²) < 4.78 is 1.36. The summed E-state index contributed by atoms with van der Waals surface area (Å²) in [6.07, 6.45) is 1.45. The first-order valence-electron chi connectivity index (χ1n) is 9.92. The van der Waals surface area contributed by atoms with Crippen LogP contribution < -0.4 is 10.5 Å². The van der Waals surface area contributed by atoms with Crippen molar-refractivity contribution in [2.75, 3.05) is 31.1 Å². The average Bonchev–Trinajstić information content (AvgIpc) is 2.77. The standard InChI is InChI=1S/C23H23ClN4O2/c1-17-7-8-19(24)13-21(17)26-9-11-27(12-10-26)23(30)15-28-16-25-20(14-22(28)29)18-5-3-2-4-6-18/h2-8,13-14,16H,9-12,15H2,1H3. The van der Waals surface area contributed by atoms with Crippen molar-refractivity contribution in [2.45, 2.75) is 13.5 Å². The predicted molar refractivity (Wildman–Crippen MR) is 119 cm³/mol. The van der Waals surface area contributed by atoms with Gasteiger partial charge < -0.3 is 9.80 Å². The largest absolute Gasteiger partial charge is 0.368 e. The van der Waals surface area contributed by atoms with Crippen molar-refractivity contribution in [3.63, 3.8) is 0 Å². The summed E-state index contributed by atoms with van der Waals surface area (Å²) in [4.78, 5) is 33.6. The van der Waals surface area contributed by atoms with E-state index in [1.165, 1.54) is 17.0 Å². The van der Waals surface area contributed by atoms with Crippen molar-refractivity contribution in [3.05, 3.63) is 81.9 Å². The van der Waals surface area contributed by atoms with Gasteiger partial charge in [0.25, 0.3) is 5.56 Å². The summed E-state index contributed by atoms with van der Waals surface area (Å²) in [5.41, 5.74) is 3.52. The molecule has 2 heterocycles. The highest BCUT2D eigenvalue weighted by Gasteiger charge is 2.22. The molecular weight excluding hydrogens is 400 g/mol. The van der Waals surface area contributed by atoms with Crippen LogP contribution in [0.5, 0.6) is 0 Å². The Morgan fingerprint density at radius 1 is 1.03 bits per heavy atom. The number of carbonyl (C=O) groups is 1. The first-order chi connectivity index (χ1) is 14.5. The Balaban J connectivity index is 1.39. The third-order valence-electron chi connectivity index (χ3n) is 5.40. The van der Waals surface area contributed by atoms with Crippen LogP contribution in [0, 0.1) is 6.92 Å². The number of aromatic nitrogens is 2. The summed E-state index contributed by atoms with van der Waals surface area (Å²) in [6.45, 7) is 4.73. The number of rotatable bonds is 4. The molecule has 4 rings (SSSR count). The van der Waals surface area contributed by atoms with Crippen LogP contribution in [0.2, 0.25) is 5.02 Å². The molecule has 6 nitrogen and oxygen atoms in total. The second kappa shape index (κ2) is 8.71. The molecule has 0 aliphatic carbocycles. The number of hydrogen-bond acceptors (Lipinski definition) is 4. The molecule has 0 bridgehead atoms. The molecule has 0 N–H and O–H groups in total. The van der Waals surface area contributed by atoms with Gasteiger partial charge in [0.1, 0.15) is 6.54 Å². The van der Waals surface area contributed by atoms with E-state index < -0.39 is 0 Å². The maximum absolute atomic E-state index is 12.7. The molecule has 1 aromatic heterocycles. The summed E-state index contributed by atoms with van der Waals surface area (Å²) >= 11 is 6.14. The average molecular weight is 423 g/mol. The fourth-order valence-electron chi connectivity index (χ4n) is 3.68. The second-order valence-corrected chi connectivity index (χ2v) is 7.84. The van der Waals surface area contributed by atoms with Gasteiger partial charge in [0.05, 0.1) is 12.0 Å². The van der Waals surface area contributed by atoms with Crippen LogP contribution in [0.4, 0.5) is 5.69 Å². The lowest BCUT2D eigenvalue weighted by Crippen LogP contribution is -2.50. The molecule has 0 unspecified atom stereocenters. The van der Waals surface area contributed by atoms with Crippen molar-refractivity contribution in [3.8, 4) is 11.3 Å². The van der Waals surface area contributed by atoms with E-state index in [2.05, 4.69) is 16.8 Å². The zero-order valence-corrected chi connectivity index (χ0v) is 17.5. The predicted octanol–water partition coefficient (Wildman–Crippen LogP) is 3.22. The normalized spacial score (nSPS) is 14.1. The highest BCUT2D eigenvalue weighted by Crippen LogP contribution is 2.25. The third-order valence-corrected chi connectivity index (χ3v) is 5.63. The molecule has 1 aliphatic heterocycles. The van der Waals surface area contributed by atoms with E-state index in [-0.39, 0.29) is 18.0 Å². The molecule has 0 atom stereocenters. The van der Waals surface area contributed by atoms with Crippen molar-refractivity contribution in [1.82, 2.24) is 14.5 Å². The van der Waals surface area contributed by atoms with Gasteiger partial charge in [0.15, 0.2) is 0 Å². The van der Waals surface area contributed by atoms with E-state index in [4.69, 9.17) is 11.6 Å². The number of carbonyl (C=O) groups excluding carboxylic acids is 1. The van der Waals surface area contributed by atoms with Gasteiger partial charge in [-0.05, 0) is 24.6 Å². The van der Waals surface area contributed by atoms with E-state index in [1.54, 1.807) is 4.90 Å². The van der Waals surface area contributed by atoms with Crippen LogP contribution in [0.25, 0.3) is 11.3 Å². The quantitative estimate of drug-likeness (QED) is 0.647. The number of piperazine rings is 1. The zero-order chi connectivity index (χ0) is 21.1. The number of halogens is 1. The van der Waals surface area contributed by atoms with E-state index in [9.17, 15) is 9.59 Å². The van der Waals surface area contributed by atoms with E-state index in [1.807, 2.05) is 48.5 Å². The first-order valence-corrected chi connectivity index (χ1v) is 10.3. The Kier molecular flexibility index (Phi) is 5.86. The van der Waals surface area contributed by atoms with Crippen LogP contribution >= 0.6 is 11.6 Å². The van der Waals surface area contributed by atoms with Crippen molar-refractivity contribution >= 4 is 23.2 Å². The molecule has 1 saturated heterocycles. The Morgan fingerprint density at radius 3 is 2.47 bits per heavy atom. The smallest absolute Gasteiger partial charge is 0.254 e. The van der Waals surface area contributed by atoms with Crippen molar-refractivity contribution in [1.29, 1.82) is 0 Å². The molecule has 1 fully saturated rings. The zero-order valence-electron chi connectivity index (χ0n) is 16.8. The molecule has 30 heavy (non-hydrogen) atoms. The fourth-order valence-corrected chi connectivity index (χ4v) is 3.84. The molecule has 1 amide bonds. The molecule has 1 aliphatic rings. The van der Waals surface area contributed by atoms with Crippen LogP contribution in [0.1, 0.15) is 5.56 Å². The minimum absolute atomic E-state index is 0.00288. The van der Waals surface area contributed by atoms with Crippen LogP contribution in [-0.4, -0.2) is 46.5 Å². The molecule has 154 valence electrons. The van der Waals surface area contributed by atoms with Gasteiger partial charge in [0.2, 0.25) is 5.91 Å². The molecule has 0 saturated carbocycles. The Bertz CT molecular complexity index is 1110. The van der Waals surface area contributed by atoms with Gasteiger partial charge >= 0.3 is 0 Å². The SMILES string of the molecule is Cc1ccc(Cl)cc1N1CCN(C(=O)Cn2cnc(-c3ccccc3)cc2=O)CC1. The summed E-state index contributed by atoms with van der Waals surface area (Å²) in [5.74, 6) is -0.0752. The van der Waals surface area contributed by atoms with Gasteiger partial charge in [0, 0.05) is 48.5 Å². The maximum atomic E-state index is 12.7. The van der Waals surface area contributed by atoms with Gasteiger partial charge in [-0.3, -0.25) is 14.2 Å². The van der Waals surface area contributed by atoms with Gasteiger partial charge in [-0.2, -0.15) is 0 Å². The summed E-state index contributed by atoms with van der Waals surface area (Å²) in [6, 6.07) is 16.8. The van der Waals surface area contributed by atoms with Crippen LogP contribution in [0.15, 0.2) is 65.7 Å². The van der Waals surface area contributed by atoms with Gasteiger partial charge in [-0.15, -0.1) is 0 Å². The highest BCUT2D eigenvalue weighted by molar-refractivity contribution is 6.30. The maximum Gasteiger partial charge on any atom is 0.254 e. The molecule has 0 radical (unpaired) electrons.